The van der Waals surface area contributed by atoms with E-state index in [-0.39, 0.29) is 5.60 Å². The first-order chi connectivity index (χ1) is 15.4. The Labute approximate surface area is 193 Å². The maximum absolute atomic E-state index is 5.99. The molecule has 0 amide bonds. The second kappa shape index (κ2) is 8.77. The smallest absolute Gasteiger partial charge is 0.0801 e. The van der Waals surface area contributed by atoms with Crippen molar-refractivity contribution in [2.24, 2.45) is 0 Å². The third kappa shape index (κ3) is 4.30. The SMILES string of the molecule is CN1Cc2cccc(N3CCOC(C)(C)C3)c2C[C@H]1CN(C)[C@H]1CCCc2cccnc21. The Morgan fingerprint density at radius 3 is 2.88 bits per heavy atom. The predicted molar refractivity (Wildman–Crippen MR) is 130 cm³/mol. The summed E-state index contributed by atoms with van der Waals surface area (Å²) in [5.41, 5.74) is 7.10. The topological polar surface area (TPSA) is 31.8 Å². The Balaban J connectivity index is 1.36. The van der Waals surface area contributed by atoms with Gasteiger partial charge in [0, 0.05) is 44.1 Å². The van der Waals surface area contributed by atoms with Crippen LogP contribution in [0.25, 0.3) is 0 Å². The maximum atomic E-state index is 5.99. The number of pyridine rings is 1. The lowest BCUT2D eigenvalue weighted by Crippen LogP contribution is -2.50. The van der Waals surface area contributed by atoms with Gasteiger partial charge in [0.1, 0.15) is 0 Å². The molecular weight excluding hydrogens is 396 g/mol. The van der Waals surface area contributed by atoms with E-state index >= 15 is 0 Å². The van der Waals surface area contributed by atoms with Crippen LogP contribution in [0.3, 0.4) is 0 Å². The molecule has 2 atom stereocenters. The summed E-state index contributed by atoms with van der Waals surface area (Å²) in [6, 6.07) is 12.2. The van der Waals surface area contributed by atoms with Crippen LogP contribution < -0.4 is 4.90 Å². The molecule has 2 aromatic rings. The Morgan fingerprint density at radius 1 is 1.19 bits per heavy atom. The van der Waals surface area contributed by atoms with Crippen LogP contribution in [0.4, 0.5) is 5.69 Å². The Morgan fingerprint density at radius 2 is 2.03 bits per heavy atom. The standard InChI is InChI=1S/C27H38N4O/c1-27(2)19-31(14-15-32-27)24-11-6-9-21-17-29(3)22(16-23(21)24)18-30(4)25-12-5-8-20-10-7-13-28-26(20)25/h6-7,9-11,13,22,25H,5,8,12,14-19H2,1-4H3/t22-,25-/m0/s1. The minimum atomic E-state index is -0.0899. The predicted octanol–water partition coefficient (Wildman–Crippen LogP) is 4.06. The molecule has 32 heavy (non-hydrogen) atoms. The quantitative estimate of drug-likeness (QED) is 0.724. The van der Waals surface area contributed by atoms with Crippen molar-refractivity contribution in [1.29, 1.82) is 0 Å². The lowest BCUT2D eigenvalue weighted by Gasteiger charge is -2.43. The molecule has 3 aliphatic rings. The summed E-state index contributed by atoms with van der Waals surface area (Å²) in [6.07, 6.45) is 6.70. The molecule has 0 radical (unpaired) electrons. The van der Waals surface area contributed by atoms with Crippen LogP contribution in [0.15, 0.2) is 36.5 Å². The first-order valence-electron chi connectivity index (χ1n) is 12.3. The largest absolute Gasteiger partial charge is 0.372 e. The van der Waals surface area contributed by atoms with Gasteiger partial charge in [-0.3, -0.25) is 14.8 Å². The van der Waals surface area contributed by atoms with Crippen LogP contribution in [-0.2, 0) is 24.1 Å². The van der Waals surface area contributed by atoms with E-state index in [2.05, 4.69) is 73.0 Å². The van der Waals surface area contributed by atoms with Gasteiger partial charge in [-0.15, -0.1) is 0 Å². The lowest BCUT2D eigenvalue weighted by atomic mass is 9.89. The fraction of sp³-hybridized carbons (Fsp3) is 0.593. The average molecular weight is 435 g/mol. The van der Waals surface area contributed by atoms with E-state index in [0.717, 1.165) is 39.2 Å². The van der Waals surface area contributed by atoms with Crippen LogP contribution in [0.5, 0.6) is 0 Å². The zero-order chi connectivity index (χ0) is 22.3. The van der Waals surface area contributed by atoms with Crippen molar-refractivity contribution in [1.82, 2.24) is 14.8 Å². The van der Waals surface area contributed by atoms with Gasteiger partial charge < -0.3 is 9.64 Å². The average Bonchev–Trinajstić information content (AvgIpc) is 2.78. The van der Waals surface area contributed by atoms with Gasteiger partial charge in [-0.2, -0.15) is 0 Å². The molecule has 0 unspecified atom stereocenters. The van der Waals surface area contributed by atoms with Crippen molar-refractivity contribution in [3.05, 3.63) is 58.9 Å². The molecule has 1 aliphatic carbocycles. The highest BCUT2D eigenvalue weighted by Crippen LogP contribution is 2.36. The van der Waals surface area contributed by atoms with Gasteiger partial charge in [0.25, 0.3) is 0 Å². The van der Waals surface area contributed by atoms with Crippen molar-refractivity contribution >= 4 is 5.69 Å². The number of ether oxygens (including phenoxy) is 1. The number of benzene rings is 1. The van der Waals surface area contributed by atoms with Gasteiger partial charge in [-0.1, -0.05) is 18.2 Å². The molecule has 5 rings (SSSR count). The van der Waals surface area contributed by atoms with Gasteiger partial charge in [-0.05, 0) is 82.4 Å². The third-order valence-electron chi connectivity index (χ3n) is 7.69. The van der Waals surface area contributed by atoms with Crippen LogP contribution in [0.1, 0.15) is 55.1 Å². The number of anilines is 1. The molecule has 5 nitrogen and oxygen atoms in total. The van der Waals surface area contributed by atoms with Gasteiger partial charge in [0.05, 0.1) is 23.9 Å². The van der Waals surface area contributed by atoms with Gasteiger partial charge in [0.2, 0.25) is 0 Å². The molecule has 1 aromatic heterocycles. The van der Waals surface area contributed by atoms with Gasteiger partial charge in [-0.25, -0.2) is 0 Å². The van der Waals surface area contributed by atoms with Crippen molar-refractivity contribution in [2.45, 2.75) is 63.8 Å². The van der Waals surface area contributed by atoms with E-state index in [4.69, 9.17) is 9.72 Å². The number of hydrogen-bond acceptors (Lipinski definition) is 5. The molecule has 0 spiro atoms. The highest BCUT2D eigenvalue weighted by Gasteiger charge is 2.33. The Hall–Kier alpha value is -1.95. The zero-order valence-electron chi connectivity index (χ0n) is 20.2. The van der Waals surface area contributed by atoms with Crippen LogP contribution in [-0.4, -0.2) is 66.8 Å². The second-order valence-electron chi connectivity index (χ2n) is 10.6. The van der Waals surface area contributed by atoms with Crippen molar-refractivity contribution in [3.63, 3.8) is 0 Å². The van der Waals surface area contributed by atoms with Crippen molar-refractivity contribution < 1.29 is 4.74 Å². The minimum Gasteiger partial charge on any atom is -0.372 e. The summed E-state index contributed by atoms with van der Waals surface area (Å²) >= 11 is 0. The fourth-order valence-electron chi connectivity index (χ4n) is 5.99. The summed E-state index contributed by atoms with van der Waals surface area (Å²) in [5, 5.41) is 0. The first-order valence-corrected chi connectivity index (χ1v) is 12.3. The van der Waals surface area contributed by atoms with E-state index in [9.17, 15) is 0 Å². The van der Waals surface area contributed by atoms with Crippen LogP contribution >= 0.6 is 0 Å². The van der Waals surface area contributed by atoms with Crippen molar-refractivity contribution in [2.75, 3.05) is 45.2 Å². The summed E-state index contributed by atoms with van der Waals surface area (Å²) in [7, 11) is 4.59. The molecule has 3 heterocycles. The van der Waals surface area contributed by atoms with E-state index in [1.807, 2.05) is 6.20 Å². The zero-order valence-corrected chi connectivity index (χ0v) is 20.2. The molecule has 1 aromatic carbocycles. The number of aryl methyl sites for hydroxylation is 1. The second-order valence-corrected chi connectivity index (χ2v) is 10.6. The summed E-state index contributed by atoms with van der Waals surface area (Å²) in [6.45, 7) is 9.23. The molecule has 172 valence electrons. The lowest BCUT2D eigenvalue weighted by molar-refractivity contribution is -0.0277. The van der Waals surface area contributed by atoms with Crippen LogP contribution in [0, 0.1) is 0 Å². The number of nitrogens with zero attached hydrogens (tertiary/aromatic N) is 4. The molecule has 1 saturated heterocycles. The Kier molecular flexibility index (Phi) is 5.99. The van der Waals surface area contributed by atoms with Crippen LogP contribution in [0.2, 0.25) is 0 Å². The number of likely N-dealkylation sites (N-methyl/N-ethyl adjacent to an activating group) is 2. The van der Waals surface area contributed by atoms with E-state index in [1.165, 1.54) is 41.8 Å². The van der Waals surface area contributed by atoms with E-state index in [0.29, 0.717) is 12.1 Å². The summed E-state index contributed by atoms with van der Waals surface area (Å²) in [5.74, 6) is 0. The highest BCUT2D eigenvalue weighted by atomic mass is 16.5. The molecular formula is C27H38N4O. The third-order valence-corrected chi connectivity index (χ3v) is 7.69. The number of rotatable bonds is 4. The Bertz CT molecular complexity index is 958. The number of morpholine rings is 1. The van der Waals surface area contributed by atoms with E-state index < -0.39 is 0 Å². The monoisotopic (exact) mass is 434 g/mol. The molecule has 0 saturated carbocycles. The molecule has 0 N–H and O–H groups in total. The fourth-order valence-corrected chi connectivity index (χ4v) is 5.99. The number of aromatic nitrogens is 1. The van der Waals surface area contributed by atoms with Gasteiger partial charge >= 0.3 is 0 Å². The summed E-state index contributed by atoms with van der Waals surface area (Å²) in [4.78, 5) is 12.5. The molecule has 5 heteroatoms. The number of hydrogen-bond donors (Lipinski definition) is 0. The number of fused-ring (bicyclic) bond motifs is 2. The normalized spacial score (nSPS) is 25.5. The molecule has 1 fully saturated rings. The maximum Gasteiger partial charge on any atom is 0.0801 e. The van der Waals surface area contributed by atoms with E-state index in [1.54, 1.807) is 5.56 Å². The molecule has 2 aliphatic heterocycles. The van der Waals surface area contributed by atoms with Gasteiger partial charge in [0.15, 0.2) is 0 Å². The summed E-state index contributed by atoms with van der Waals surface area (Å²) < 4.78 is 5.99. The highest BCUT2D eigenvalue weighted by molar-refractivity contribution is 5.58. The minimum absolute atomic E-state index is 0.0899. The first kappa shape index (κ1) is 21.9. The van der Waals surface area contributed by atoms with Crippen molar-refractivity contribution in [3.8, 4) is 0 Å². The molecule has 0 bridgehead atoms.